The minimum atomic E-state index is -0.357. The minimum absolute atomic E-state index is 0.0762. The quantitative estimate of drug-likeness (QED) is 0.652. The summed E-state index contributed by atoms with van der Waals surface area (Å²) >= 11 is 0. The van der Waals surface area contributed by atoms with Crippen LogP contribution in [0.2, 0.25) is 0 Å². The molecule has 110 valence electrons. The molecule has 0 aliphatic heterocycles. The second-order valence-corrected chi connectivity index (χ2v) is 4.53. The van der Waals surface area contributed by atoms with Gasteiger partial charge in [-0.05, 0) is 31.5 Å². The van der Waals surface area contributed by atoms with Crippen LogP contribution in [0, 0.1) is 6.92 Å². The van der Waals surface area contributed by atoms with Crippen LogP contribution in [0.1, 0.15) is 12.5 Å². The van der Waals surface area contributed by atoms with E-state index < -0.39 is 0 Å². The van der Waals surface area contributed by atoms with Crippen molar-refractivity contribution in [3.8, 4) is 5.75 Å². The topological polar surface area (TPSA) is 93.5 Å². The van der Waals surface area contributed by atoms with Crippen molar-refractivity contribution < 1.29 is 14.3 Å². The largest absolute Gasteiger partial charge is 0.489 e. The lowest BCUT2D eigenvalue weighted by Gasteiger charge is -2.16. The van der Waals surface area contributed by atoms with E-state index in [0.717, 1.165) is 11.3 Å². The van der Waals surface area contributed by atoms with Crippen molar-refractivity contribution in [1.29, 1.82) is 0 Å². The Morgan fingerprint density at radius 1 is 1.30 bits per heavy atom. The average molecular weight is 279 g/mol. The zero-order valence-corrected chi connectivity index (χ0v) is 11.8. The molecule has 1 aromatic carbocycles. The van der Waals surface area contributed by atoms with Crippen LogP contribution in [0.15, 0.2) is 24.3 Å². The molecule has 0 heterocycles. The van der Waals surface area contributed by atoms with Gasteiger partial charge in [-0.25, -0.2) is 0 Å². The van der Waals surface area contributed by atoms with E-state index in [4.69, 9.17) is 10.5 Å². The molecule has 1 rings (SSSR count). The highest BCUT2D eigenvalue weighted by molar-refractivity contribution is 5.85. The Bertz CT molecular complexity index is 463. The highest BCUT2D eigenvalue weighted by atomic mass is 16.5. The first-order valence-corrected chi connectivity index (χ1v) is 6.48. The third-order valence-electron chi connectivity index (χ3n) is 2.55. The molecule has 0 aliphatic carbocycles. The molecule has 4 N–H and O–H groups in total. The van der Waals surface area contributed by atoms with E-state index in [1.54, 1.807) is 0 Å². The Balaban J connectivity index is 2.27. The van der Waals surface area contributed by atoms with Gasteiger partial charge in [0.1, 0.15) is 11.9 Å². The second kappa shape index (κ2) is 8.16. The zero-order chi connectivity index (χ0) is 15.0. The maximum atomic E-state index is 11.5. The van der Waals surface area contributed by atoms with Crippen LogP contribution in [0.3, 0.4) is 0 Å². The number of carbonyl (C=O) groups is 2. The summed E-state index contributed by atoms with van der Waals surface area (Å²) in [6.07, 6.45) is -0.161. The van der Waals surface area contributed by atoms with E-state index in [1.165, 1.54) is 0 Å². The summed E-state index contributed by atoms with van der Waals surface area (Å²) in [6.45, 7) is 4.01. The number of nitrogens with two attached hydrogens (primary N) is 1. The molecule has 0 fully saturated rings. The SMILES string of the molecule is Cc1cccc(OC(C)CNC(=O)CNC(=O)CN)c1. The van der Waals surface area contributed by atoms with E-state index in [2.05, 4.69) is 10.6 Å². The molecular formula is C14H21N3O3. The summed E-state index contributed by atoms with van der Waals surface area (Å²) in [4.78, 5) is 22.3. The van der Waals surface area contributed by atoms with Crippen molar-refractivity contribution in [2.75, 3.05) is 19.6 Å². The highest BCUT2D eigenvalue weighted by Crippen LogP contribution is 2.13. The van der Waals surface area contributed by atoms with Gasteiger partial charge in [-0.2, -0.15) is 0 Å². The van der Waals surface area contributed by atoms with Crippen LogP contribution in [0.5, 0.6) is 5.75 Å². The molecule has 0 radical (unpaired) electrons. The number of rotatable bonds is 7. The van der Waals surface area contributed by atoms with Crippen LogP contribution < -0.4 is 21.1 Å². The molecule has 6 heteroatoms. The van der Waals surface area contributed by atoms with Crippen molar-refractivity contribution in [2.45, 2.75) is 20.0 Å². The normalized spacial score (nSPS) is 11.6. The predicted octanol–water partition coefficient (Wildman–Crippen LogP) is -0.0466. The van der Waals surface area contributed by atoms with Gasteiger partial charge in [-0.15, -0.1) is 0 Å². The number of hydrogen-bond acceptors (Lipinski definition) is 4. The molecule has 0 bridgehead atoms. The number of ether oxygens (including phenoxy) is 1. The van der Waals surface area contributed by atoms with Crippen molar-refractivity contribution >= 4 is 11.8 Å². The van der Waals surface area contributed by atoms with Crippen LogP contribution in [0.4, 0.5) is 0 Å². The number of benzene rings is 1. The summed E-state index contributed by atoms with van der Waals surface area (Å²) in [5.74, 6) is 0.138. The lowest BCUT2D eigenvalue weighted by Crippen LogP contribution is -2.42. The van der Waals surface area contributed by atoms with Gasteiger partial charge < -0.3 is 21.1 Å². The Morgan fingerprint density at radius 3 is 2.70 bits per heavy atom. The molecule has 0 saturated carbocycles. The first-order valence-electron chi connectivity index (χ1n) is 6.48. The Hall–Kier alpha value is -2.08. The molecule has 1 aromatic rings. The highest BCUT2D eigenvalue weighted by Gasteiger charge is 2.08. The Labute approximate surface area is 118 Å². The molecule has 0 saturated heterocycles. The van der Waals surface area contributed by atoms with Gasteiger partial charge in [-0.1, -0.05) is 12.1 Å². The van der Waals surface area contributed by atoms with Gasteiger partial charge in [0.2, 0.25) is 11.8 Å². The van der Waals surface area contributed by atoms with E-state index in [9.17, 15) is 9.59 Å². The number of carbonyl (C=O) groups excluding carboxylic acids is 2. The predicted molar refractivity (Wildman–Crippen MR) is 76.3 cm³/mol. The summed E-state index contributed by atoms with van der Waals surface area (Å²) in [5.41, 5.74) is 6.23. The number of nitrogens with one attached hydrogen (secondary N) is 2. The van der Waals surface area contributed by atoms with Gasteiger partial charge in [-0.3, -0.25) is 9.59 Å². The molecule has 1 atom stereocenters. The zero-order valence-electron chi connectivity index (χ0n) is 11.8. The van der Waals surface area contributed by atoms with Crippen LogP contribution in [0.25, 0.3) is 0 Å². The molecule has 0 aromatic heterocycles. The summed E-state index contributed by atoms with van der Waals surface area (Å²) in [6, 6.07) is 7.70. The van der Waals surface area contributed by atoms with Crippen molar-refractivity contribution in [1.82, 2.24) is 10.6 Å². The fourth-order valence-corrected chi connectivity index (χ4v) is 1.53. The molecule has 2 amide bonds. The molecule has 1 unspecified atom stereocenters. The van der Waals surface area contributed by atoms with Gasteiger partial charge in [0.05, 0.1) is 19.6 Å². The number of amides is 2. The maximum Gasteiger partial charge on any atom is 0.239 e. The van der Waals surface area contributed by atoms with Crippen molar-refractivity contribution in [2.24, 2.45) is 5.73 Å². The first-order chi connectivity index (χ1) is 9.51. The monoisotopic (exact) mass is 279 g/mol. The van der Waals surface area contributed by atoms with Crippen LogP contribution >= 0.6 is 0 Å². The number of aryl methyl sites for hydroxylation is 1. The summed E-state index contributed by atoms with van der Waals surface area (Å²) in [5, 5.41) is 5.07. The fourth-order valence-electron chi connectivity index (χ4n) is 1.53. The minimum Gasteiger partial charge on any atom is -0.489 e. The van der Waals surface area contributed by atoms with E-state index >= 15 is 0 Å². The maximum absolute atomic E-state index is 11.5. The Morgan fingerprint density at radius 2 is 2.05 bits per heavy atom. The van der Waals surface area contributed by atoms with Gasteiger partial charge in [0.15, 0.2) is 0 Å². The molecule has 20 heavy (non-hydrogen) atoms. The van der Waals surface area contributed by atoms with Crippen molar-refractivity contribution in [3.05, 3.63) is 29.8 Å². The standard InChI is InChI=1S/C14H21N3O3/c1-10-4-3-5-12(6-10)20-11(2)8-16-14(19)9-17-13(18)7-15/h3-6,11H,7-9,15H2,1-2H3,(H,16,19)(H,17,18). The average Bonchev–Trinajstić information content (AvgIpc) is 2.42. The fraction of sp³-hybridized carbons (Fsp3) is 0.429. The Kier molecular flexibility index (Phi) is 6.52. The molecule has 0 spiro atoms. The number of hydrogen-bond donors (Lipinski definition) is 3. The summed E-state index contributed by atoms with van der Waals surface area (Å²) in [7, 11) is 0. The third kappa shape index (κ3) is 6.19. The van der Waals surface area contributed by atoms with E-state index in [-0.39, 0.29) is 31.0 Å². The summed E-state index contributed by atoms with van der Waals surface area (Å²) < 4.78 is 5.67. The second-order valence-electron chi connectivity index (χ2n) is 4.53. The molecule has 6 nitrogen and oxygen atoms in total. The lowest BCUT2D eigenvalue weighted by molar-refractivity contribution is -0.125. The van der Waals surface area contributed by atoms with Crippen molar-refractivity contribution in [3.63, 3.8) is 0 Å². The van der Waals surface area contributed by atoms with Crippen LogP contribution in [-0.2, 0) is 9.59 Å². The molecular weight excluding hydrogens is 258 g/mol. The van der Waals surface area contributed by atoms with E-state index in [1.807, 2.05) is 38.1 Å². The first kappa shape index (κ1) is 16.0. The smallest absolute Gasteiger partial charge is 0.239 e. The molecule has 0 aliphatic rings. The third-order valence-corrected chi connectivity index (χ3v) is 2.55. The van der Waals surface area contributed by atoms with Gasteiger partial charge in [0, 0.05) is 0 Å². The van der Waals surface area contributed by atoms with Gasteiger partial charge >= 0.3 is 0 Å². The lowest BCUT2D eigenvalue weighted by atomic mass is 10.2. The van der Waals surface area contributed by atoms with E-state index in [0.29, 0.717) is 6.54 Å². The van der Waals surface area contributed by atoms with Crippen LogP contribution in [-0.4, -0.2) is 37.6 Å². The van der Waals surface area contributed by atoms with Gasteiger partial charge in [0.25, 0.3) is 0 Å².